The summed E-state index contributed by atoms with van der Waals surface area (Å²) >= 11 is 5.63. The molecule has 1 aliphatic rings. The van der Waals surface area contributed by atoms with Gasteiger partial charge in [0.05, 0.1) is 0 Å². The van der Waals surface area contributed by atoms with E-state index in [9.17, 15) is 0 Å². The van der Waals surface area contributed by atoms with Crippen LogP contribution in [0.4, 0.5) is 0 Å². The molecule has 0 aliphatic heterocycles. The first kappa shape index (κ1) is 24.6. The van der Waals surface area contributed by atoms with Crippen LogP contribution in [0.15, 0.2) is 126 Å². The average molecular weight is 620 g/mol. The van der Waals surface area contributed by atoms with Crippen molar-refractivity contribution in [1.82, 2.24) is 0 Å². The summed E-state index contributed by atoms with van der Waals surface area (Å²) in [4.78, 5) is 0. The van der Waals surface area contributed by atoms with E-state index in [0.717, 1.165) is 4.47 Å². The molecule has 2 heteroatoms. The molecule has 0 N–H and O–H groups in total. The van der Waals surface area contributed by atoms with Gasteiger partial charge in [-0.1, -0.05) is 115 Å². The van der Waals surface area contributed by atoms with Gasteiger partial charge in [0.2, 0.25) is 0 Å². The number of hydrogen-bond donors (Lipinski definition) is 0. The van der Waals surface area contributed by atoms with Crippen LogP contribution in [-0.2, 0) is 5.41 Å². The molecule has 0 saturated carbocycles. The molecule has 8 aromatic rings. The van der Waals surface area contributed by atoms with Crippen LogP contribution in [0.2, 0.25) is 0 Å². The molecule has 7 aromatic carbocycles. The summed E-state index contributed by atoms with van der Waals surface area (Å²) in [5.41, 5.74) is 6.99. The fourth-order valence-electron chi connectivity index (χ4n) is 7.68. The van der Waals surface area contributed by atoms with Crippen molar-refractivity contribution in [2.45, 2.75) is 25.2 Å². The second-order valence-electron chi connectivity index (χ2n) is 12.2. The molecule has 0 bridgehead atoms. The smallest absolute Gasteiger partial charge is 0.0358 e. The van der Waals surface area contributed by atoms with Gasteiger partial charge >= 0.3 is 0 Å². The quantitative estimate of drug-likeness (QED) is 0.160. The van der Waals surface area contributed by atoms with E-state index in [-0.39, 0.29) is 11.3 Å². The fraction of sp³-hybridized carbons (Fsp3) is 0.100. The molecule has 200 valence electrons. The van der Waals surface area contributed by atoms with Crippen LogP contribution in [0.5, 0.6) is 0 Å². The zero-order valence-corrected chi connectivity index (χ0v) is 25.8. The van der Waals surface area contributed by atoms with E-state index in [1.165, 1.54) is 80.3 Å². The number of thiophene rings is 1. The minimum absolute atomic E-state index is 0.0905. The second kappa shape index (κ2) is 8.77. The van der Waals surface area contributed by atoms with Gasteiger partial charge in [-0.3, -0.25) is 0 Å². The Kier molecular flexibility index (Phi) is 5.14. The summed E-state index contributed by atoms with van der Waals surface area (Å²) in [7, 11) is 0. The van der Waals surface area contributed by atoms with Crippen LogP contribution in [-0.4, -0.2) is 0 Å². The highest BCUT2D eigenvalue weighted by atomic mass is 79.9. The minimum Gasteiger partial charge on any atom is -0.135 e. The fourth-order valence-corrected chi connectivity index (χ4v) is 9.18. The third kappa shape index (κ3) is 3.34. The predicted molar refractivity (Wildman–Crippen MR) is 186 cm³/mol. The summed E-state index contributed by atoms with van der Waals surface area (Å²) < 4.78 is 3.84. The Hall–Kier alpha value is -3.98. The molecule has 0 amide bonds. The molecule has 1 aliphatic carbocycles. The lowest BCUT2D eigenvalue weighted by molar-refractivity contribution is 0.599. The first-order chi connectivity index (χ1) is 20.5. The highest BCUT2D eigenvalue weighted by molar-refractivity contribution is 9.10. The normalized spacial score (nSPS) is 15.9. The van der Waals surface area contributed by atoms with E-state index < -0.39 is 0 Å². The standard InChI is InChI=1S/C40H27BrS/c1-40(2)35-13-7-5-12-30(35)39(34-22-38-33(21-36(34)40)29-11-6-8-14-37(29)42-38)23-15-17-27-28-18-16-24(41)20-32(28)26-10-4-3-9-25(26)31(27)19-23/h3-22,39H,1-2H3. The van der Waals surface area contributed by atoms with Gasteiger partial charge < -0.3 is 0 Å². The van der Waals surface area contributed by atoms with Crippen LogP contribution in [0, 0.1) is 0 Å². The van der Waals surface area contributed by atoms with Crippen molar-refractivity contribution in [1.29, 1.82) is 0 Å². The van der Waals surface area contributed by atoms with E-state index >= 15 is 0 Å². The highest BCUT2D eigenvalue weighted by Crippen LogP contribution is 2.52. The Balaban J connectivity index is 1.38. The van der Waals surface area contributed by atoms with Crippen LogP contribution < -0.4 is 0 Å². The largest absolute Gasteiger partial charge is 0.135 e. The first-order valence-corrected chi connectivity index (χ1v) is 16.2. The molecule has 9 rings (SSSR count). The molecular weight excluding hydrogens is 592 g/mol. The van der Waals surface area contributed by atoms with E-state index in [2.05, 4.69) is 151 Å². The average Bonchev–Trinajstić information content (AvgIpc) is 3.38. The van der Waals surface area contributed by atoms with Gasteiger partial charge in [-0.25, -0.2) is 0 Å². The Morgan fingerprint density at radius 1 is 0.500 bits per heavy atom. The lowest BCUT2D eigenvalue weighted by Crippen LogP contribution is -2.29. The van der Waals surface area contributed by atoms with Crippen molar-refractivity contribution in [3.63, 3.8) is 0 Å². The maximum Gasteiger partial charge on any atom is 0.0358 e. The zero-order valence-electron chi connectivity index (χ0n) is 23.4. The van der Waals surface area contributed by atoms with Gasteiger partial charge in [-0.2, -0.15) is 0 Å². The number of fused-ring (bicyclic) bond motifs is 11. The van der Waals surface area contributed by atoms with Crippen LogP contribution in [0.3, 0.4) is 0 Å². The summed E-state index contributed by atoms with van der Waals surface area (Å²) in [6.07, 6.45) is 0. The molecule has 1 heterocycles. The molecule has 0 spiro atoms. The van der Waals surface area contributed by atoms with Crippen molar-refractivity contribution in [3.8, 4) is 0 Å². The second-order valence-corrected chi connectivity index (χ2v) is 14.2. The summed E-state index contributed by atoms with van der Waals surface area (Å²) in [5, 5.41) is 10.6. The SMILES string of the molecule is CC1(C)c2ccccc2C(c2ccc3c4ccc(Br)cc4c4ccccc4c3c2)c2cc3sc4ccccc4c3cc21. The zero-order chi connectivity index (χ0) is 28.2. The molecule has 0 fully saturated rings. The topological polar surface area (TPSA) is 0 Å². The lowest BCUT2D eigenvalue weighted by Gasteiger charge is -2.40. The maximum absolute atomic E-state index is 3.71. The molecule has 0 nitrogen and oxygen atoms in total. The van der Waals surface area contributed by atoms with Gasteiger partial charge in [-0.05, 0) is 96.5 Å². The molecule has 0 saturated heterocycles. The van der Waals surface area contributed by atoms with E-state index in [0.29, 0.717) is 0 Å². The molecule has 1 aromatic heterocycles. The van der Waals surface area contributed by atoms with E-state index in [4.69, 9.17) is 0 Å². The summed E-state index contributed by atoms with van der Waals surface area (Å²) in [6.45, 7) is 4.80. The predicted octanol–water partition coefficient (Wildman–Crippen LogP) is 12.1. The van der Waals surface area contributed by atoms with Gasteiger partial charge in [0.25, 0.3) is 0 Å². The van der Waals surface area contributed by atoms with Crippen molar-refractivity contribution in [2.24, 2.45) is 0 Å². The lowest BCUT2D eigenvalue weighted by atomic mass is 9.63. The van der Waals surface area contributed by atoms with Gasteiger partial charge in [0.1, 0.15) is 0 Å². The van der Waals surface area contributed by atoms with Crippen molar-refractivity contribution in [3.05, 3.63) is 154 Å². The van der Waals surface area contributed by atoms with Crippen LogP contribution in [0.1, 0.15) is 47.6 Å². The van der Waals surface area contributed by atoms with Crippen molar-refractivity contribution < 1.29 is 0 Å². The van der Waals surface area contributed by atoms with Gasteiger partial charge in [0, 0.05) is 36.0 Å². The van der Waals surface area contributed by atoms with Crippen LogP contribution >= 0.6 is 27.3 Å². The van der Waals surface area contributed by atoms with Gasteiger partial charge in [0.15, 0.2) is 0 Å². The minimum atomic E-state index is -0.0905. The third-order valence-electron chi connectivity index (χ3n) is 9.63. The number of rotatable bonds is 1. The molecule has 42 heavy (non-hydrogen) atoms. The van der Waals surface area contributed by atoms with Crippen LogP contribution in [0.25, 0.3) is 52.5 Å². The Labute approximate surface area is 257 Å². The van der Waals surface area contributed by atoms with Crippen molar-refractivity contribution in [2.75, 3.05) is 0 Å². The Morgan fingerprint density at radius 2 is 1.14 bits per heavy atom. The Bertz CT molecular complexity index is 2390. The molecular formula is C40H27BrS. The summed E-state index contributed by atoms with van der Waals surface area (Å²) in [6, 6.07) is 45.8. The van der Waals surface area contributed by atoms with Crippen molar-refractivity contribution >= 4 is 79.8 Å². The number of halogens is 1. The molecule has 1 atom stereocenters. The first-order valence-electron chi connectivity index (χ1n) is 14.6. The summed E-state index contributed by atoms with van der Waals surface area (Å²) in [5.74, 6) is 0.169. The maximum atomic E-state index is 3.71. The van der Waals surface area contributed by atoms with E-state index in [1.807, 2.05) is 11.3 Å². The Morgan fingerprint density at radius 3 is 1.95 bits per heavy atom. The number of benzene rings is 7. The van der Waals surface area contributed by atoms with Gasteiger partial charge in [-0.15, -0.1) is 11.3 Å². The monoisotopic (exact) mass is 618 g/mol. The highest BCUT2D eigenvalue weighted by Gasteiger charge is 2.38. The molecule has 1 unspecified atom stereocenters. The third-order valence-corrected chi connectivity index (χ3v) is 11.3. The number of hydrogen-bond acceptors (Lipinski definition) is 1. The van der Waals surface area contributed by atoms with E-state index in [1.54, 1.807) is 0 Å². The molecule has 0 radical (unpaired) electrons.